The monoisotopic (exact) mass is 410 g/mol. The molecular weight excluding hydrogens is 384 g/mol. The van der Waals surface area contributed by atoms with Crippen LogP contribution in [0.2, 0.25) is 0 Å². The van der Waals surface area contributed by atoms with Gasteiger partial charge >= 0.3 is 12.1 Å². The van der Waals surface area contributed by atoms with Crippen LogP contribution in [0, 0.1) is 5.92 Å². The lowest BCUT2D eigenvalue weighted by atomic mass is 9.98. The summed E-state index contributed by atoms with van der Waals surface area (Å²) in [6, 6.07) is 14.6. The molecule has 1 aliphatic carbocycles. The highest BCUT2D eigenvalue weighted by molar-refractivity contribution is 5.85. The van der Waals surface area contributed by atoms with Crippen molar-refractivity contribution >= 4 is 18.0 Å². The molecule has 30 heavy (non-hydrogen) atoms. The summed E-state index contributed by atoms with van der Waals surface area (Å²) in [5.41, 5.74) is 4.53. The van der Waals surface area contributed by atoms with Crippen LogP contribution in [-0.4, -0.2) is 41.8 Å². The van der Waals surface area contributed by atoms with E-state index < -0.39 is 36.0 Å². The lowest BCUT2D eigenvalue weighted by Crippen LogP contribution is -2.48. The summed E-state index contributed by atoms with van der Waals surface area (Å²) in [6.07, 6.45) is -0.615. The molecule has 3 N–H and O–H groups in total. The fraction of sp³-hybridized carbons (Fsp3) is 0.348. The summed E-state index contributed by atoms with van der Waals surface area (Å²) in [6.45, 7) is 4.87. The Bertz CT molecular complexity index is 913. The zero-order valence-electron chi connectivity index (χ0n) is 17.2. The maximum atomic E-state index is 12.3. The number of carbonyl (C=O) groups is 3. The van der Waals surface area contributed by atoms with Crippen molar-refractivity contribution in [2.24, 2.45) is 5.92 Å². The van der Waals surface area contributed by atoms with Gasteiger partial charge in [-0.1, -0.05) is 55.5 Å². The summed E-state index contributed by atoms with van der Waals surface area (Å²) < 4.78 is 5.48. The lowest BCUT2D eigenvalue weighted by Gasteiger charge is -2.22. The molecule has 3 rings (SSSR count). The van der Waals surface area contributed by atoms with Gasteiger partial charge in [0.05, 0.1) is 5.92 Å². The maximum Gasteiger partial charge on any atom is 0.407 e. The highest BCUT2D eigenvalue weighted by atomic mass is 16.5. The Morgan fingerprint density at radius 2 is 1.47 bits per heavy atom. The van der Waals surface area contributed by atoms with Gasteiger partial charge in [0.1, 0.15) is 12.6 Å². The highest BCUT2D eigenvalue weighted by Gasteiger charge is 2.30. The number of ether oxygens (including phenoxy) is 1. The highest BCUT2D eigenvalue weighted by Crippen LogP contribution is 2.44. The molecule has 0 radical (unpaired) electrons. The number of amides is 2. The van der Waals surface area contributed by atoms with Gasteiger partial charge in [-0.15, -0.1) is 0 Å². The summed E-state index contributed by atoms with van der Waals surface area (Å²) in [5.74, 6) is -2.23. The van der Waals surface area contributed by atoms with Crippen molar-refractivity contribution in [1.29, 1.82) is 0 Å². The third-order valence-electron chi connectivity index (χ3n) is 5.58. The number of fused-ring (bicyclic) bond motifs is 3. The summed E-state index contributed by atoms with van der Waals surface area (Å²) >= 11 is 0. The summed E-state index contributed by atoms with van der Waals surface area (Å²) in [7, 11) is 0. The van der Waals surface area contributed by atoms with Crippen LogP contribution in [0.4, 0.5) is 4.79 Å². The first-order valence-corrected chi connectivity index (χ1v) is 9.94. The van der Waals surface area contributed by atoms with E-state index in [1.165, 1.54) is 6.92 Å². The molecule has 0 bridgehead atoms. The average Bonchev–Trinajstić information content (AvgIpc) is 3.05. The Labute approximate surface area is 175 Å². The minimum atomic E-state index is -1.12. The van der Waals surface area contributed by atoms with Crippen molar-refractivity contribution in [1.82, 2.24) is 10.6 Å². The predicted molar refractivity (Wildman–Crippen MR) is 112 cm³/mol. The van der Waals surface area contributed by atoms with Gasteiger partial charge in [0.25, 0.3) is 0 Å². The van der Waals surface area contributed by atoms with Gasteiger partial charge in [-0.05, 0) is 36.1 Å². The maximum absolute atomic E-state index is 12.3. The SMILES string of the molecule is CC(NC(=O)C(C)C(C)NC(=O)OCC1c2ccccc2-c2ccccc21)C(=O)O. The first kappa shape index (κ1) is 21.4. The van der Waals surface area contributed by atoms with Crippen LogP contribution in [-0.2, 0) is 14.3 Å². The number of hydrogen-bond acceptors (Lipinski definition) is 4. The van der Waals surface area contributed by atoms with Crippen molar-refractivity contribution in [2.75, 3.05) is 6.61 Å². The minimum absolute atomic E-state index is 0.0457. The Morgan fingerprint density at radius 3 is 2.00 bits per heavy atom. The van der Waals surface area contributed by atoms with Crippen LogP contribution in [0.25, 0.3) is 11.1 Å². The molecule has 158 valence electrons. The summed E-state index contributed by atoms with van der Waals surface area (Å²) in [4.78, 5) is 35.4. The molecule has 0 heterocycles. The zero-order chi connectivity index (χ0) is 21.8. The second kappa shape index (κ2) is 8.98. The van der Waals surface area contributed by atoms with Crippen molar-refractivity contribution in [3.63, 3.8) is 0 Å². The summed E-state index contributed by atoms with van der Waals surface area (Å²) in [5, 5.41) is 14.0. The topological polar surface area (TPSA) is 105 Å². The first-order valence-electron chi connectivity index (χ1n) is 9.94. The van der Waals surface area contributed by atoms with E-state index in [4.69, 9.17) is 9.84 Å². The number of benzene rings is 2. The number of nitrogens with one attached hydrogen (secondary N) is 2. The van der Waals surface area contributed by atoms with Gasteiger partial charge in [-0.25, -0.2) is 4.79 Å². The van der Waals surface area contributed by atoms with E-state index in [0.29, 0.717) is 0 Å². The Hall–Kier alpha value is -3.35. The molecule has 0 aromatic heterocycles. The fourth-order valence-electron chi connectivity index (χ4n) is 3.58. The van der Waals surface area contributed by atoms with E-state index in [2.05, 4.69) is 22.8 Å². The molecule has 0 aliphatic heterocycles. The van der Waals surface area contributed by atoms with E-state index in [0.717, 1.165) is 22.3 Å². The fourth-order valence-corrected chi connectivity index (χ4v) is 3.58. The third-order valence-corrected chi connectivity index (χ3v) is 5.58. The van der Waals surface area contributed by atoms with Crippen LogP contribution in [0.1, 0.15) is 37.8 Å². The Kier molecular flexibility index (Phi) is 6.40. The van der Waals surface area contributed by atoms with Gasteiger partial charge in [-0.2, -0.15) is 0 Å². The number of aliphatic carboxylic acids is 1. The zero-order valence-corrected chi connectivity index (χ0v) is 17.2. The molecule has 3 atom stereocenters. The molecule has 7 nitrogen and oxygen atoms in total. The smallest absolute Gasteiger partial charge is 0.407 e. The van der Waals surface area contributed by atoms with E-state index in [1.54, 1.807) is 13.8 Å². The molecule has 3 unspecified atom stereocenters. The Balaban J connectivity index is 1.58. The first-order chi connectivity index (χ1) is 14.3. The van der Waals surface area contributed by atoms with Crippen molar-refractivity contribution < 1.29 is 24.2 Å². The van der Waals surface area contributed by atoms with E-state index in [1.807, 2.05) is 36.4 Å². The van der Waals surface area contributed by atoms with Crippen LogP contribution in [0.3, 0.4) is 0 Å². The number of alkyl carbamates (subject to hydrolysis) is 1. The second-order valence-corrected chi connectivity index (χ2v) is 7.62. The minimum Gasteiger partial charge on any atom is -0.480 e. The van der Waals surface area contributed by atoms with Gasteiger partial charge < -0.3 is 20.5 Å². The van der Waals surface area contributed by atoms with Crippen molar-refractivity contribution in [3.05, 3.63) is 59.7 Å². The molecule has 0 saturated heterocycles. The molecule has 0 fully saturated rings. The average molecular weight is 410 g/mol. The van der Waals surface area contributed by atoms with Crippen LogP contribution < -0.4 is 10.6 Å². The van der Waals surface area contributed by atoms with Gasteiger partial charge in [0.2, 0.25) is 5.91 Å². The molecule has 2 aromatic carbocycles. The van der Waals surface area contributed by atoms with Crippen LogP contribution >= 0.6 is 0 Å². The number of carboxylic acids is 1. The Morgan fingerprint density at radius 1 is 0.933 bits per heavy atom. The normalized spacial score (nSPS) is 15.3. The predicted octanol–water partition coefficient (Wildman–Crippen LogP) is 3.14. The number of hydrogen-bond donors (Lipinski definition) is 3. The van der Waals surface area contributed by atoms with E-state index in [-0.39, 0.29) is 12.5 Å². The molecule has 2 amide bonds. The number of carbonyl (C=O) groups excluding carboxylic acids is 2. The van der Waals surface area contributed by atoms with E-state index in [9.17, 15) is 14.4 Å². The third kappa shape index (κ3) is 4.45. The molecule has 0 saturated carbocycles. The van der Waals surface area contributed by atoms with Crippen molar-refractivity contribution in [2.45, 2.75) is 38.8 Å². The number of carboxylic acid groups (broad SMARTS) is 1. The molecule has 7 heteroatoms. The lowest BCUT2D eigenvalue weighted by molar-refractivity contribution is -0.142. The number of rotatable bonds is 7. The molecule has 1 aliphatic rings. The van der Waals surface area contributed by atoms with Gasteiger partial charge in [0, 0.05) is 12.0 Å². The standard InChI is InChI=1S/C23H26N2O5/c1-13(21(26)24-15(3)22(27)28)14(2)25-23(29)30-12-20-18-10-6-4-8-16(18)17-9-5-7-11-19(17)20/h4-11,13-15,20H,12H2,1-3H3,(H,24,26)(H,25,29)(H,27,28). The quantitative estimate of drug-likeness (QED) is 0.650. The van der Waals surface area contributed by atoms with Crippen molar-refractivity contribution in [3.8, 4) is 11.1 Å². The van der Waals surface area contributed by atoms with Crippen LogP contribution in [0.15, 0.2) is 48.5 Å². The van der Waals surface area contributed by atoms with Gasteiger partial charge in [-0.3, -0.25) is 9.59 Å². The molecule has 0 spiro atoms. The van der Waals surface area contributed by atoms with E-state index >= 15 is 0 Å². The van der Waals surface area contributed by atoms with Gasteiger partial charge in [0.15, 0.2) is 0 Å². The largest absolute Gasteiger partial charge is 0.480 e. The van der Waals surface area contributed by atoms with Crippen LogP contribution in [0.5, 0.6) is 0 Å². The molecule has 2 aromatic rings. The molecular formula is C23H26N2O5. The second-order valence-electron chi connectivity index (χ2n) is 7.62.